The fraction of sp³-hybridized carbons (Fsp3) is 1.00. The maximum Gasteiger partial charge on any atom is 0.104 e. The number of rotatable bonds is 3. The van der Waals surface area contributed by atoms with E-state index in [2.05, 4.69) is 5.32 Å². The summed E-state index contributed by atoms with van der Waals surface area (Å²) in [6.07, 6.45) is 0.452. The largest absolute Gasteiger partial charge is 0.379 e. The first-order chi connectivity index (χ1) is 3.66. The smallest absolute Gasteiger partial charge is 0.104 e. The Morgan fingerprint density at radius 1 is 1.44 bits per heavy atom. The molecule has 0 aromatic heterocycles. The van der Waals surface area contributed by atoms with E-state index in [0.717, 1.165) is 6.42 Å². The molecule has 58 valence electrons. The van der Waals surface area contributed by atoms with E-state index < -0.39 is 0 Å². The van der Waals surface area contributed by atoms with Gasteiger partial charge in [0.25, 0.3) is 0 Å². The monoisotopic (exact) mass is 134 g/mol. The van der Waals surface area contributed by atoms with Crippen LogP contribution < -0.4 is 11.5 Å². The maximum atomic E-state index is 8.92. The van der Waals surface area contributed by atoms with Gasteiger partial charge in [0.15, 0.2) is 0 Å². The number of hydrogen-bond acceptors (Lipinski definition) is 3. The molecule has 0 saturated heterocycles. The number of aliphatic hydroxyl groups excluding tert-OH is 1. The van der Waals surface area contributed by atoms with Crippen molar-refractivity contribution < 1.29 is 5.11 Å². The Morgan fingerprint density at radius 2 is 1.89 bits per heavy atom. The van der Waals surface area contributed by atoms with Crippen molar-refractivity contribution in [3.8, 4) is 0 Å². The van der Waals surface area contributed by atoms with E-state index in [9.17, 15) is 0 Å². The molecule has 0 aromatic rings. The summed E-state index contributed by atoms with van der Waals surface area (Å²) in [7, 11) is 0. The minimum Gasteiger partial charge on any atom is -0.379 e. The van der Waals surface area contributed by atoms with E-state index in [1.165, 1.54) is 0 Å². The Morgan fingerprint density at radius 3 is 2.00 bits per heavy atom. The number of aliphatic hydroxyl groups is 1. The molecule has 0 spiro atoms. The molecule has 5 N–H and O–H groups in total. The molecule has 1 atom stereocenters. The Labute approximate surface area is 57.0 Å². The average molecular weight is 134 g/mol. The molecule has 0 aliphatic carbocycles. The molecule has 0 saturated carbocycles. The van der Waals surface area contributed by atoms with Crippen molar-refractivity contribution in [2.45, 2.75) is 39.5 Å². The molecule has 3 heteroatoms. The van der Waals surface area contributed by atoms with E-state index in [1.54, 1.807) is 0 Å². The third-order valence-electron chi connectivity index (χ3n) is 0.912. The first-order valence-corrected chi connectivity index (χ1v) is 3.11. The summed E-state index contributed by atoms with van der Waals surface area (Å²) in [5.74, 6) is 0. The standard InChI is InChI=1S/C6H15NO.H3N/c1-4-6(8)7-5(2)3;/h5-8H,4H2,1-3H3;1H3. The summed E-state index contributed by atoms with van der Waals surface area (Å²) in [5, 5.41) is 11.9. The maximum absolute atomic E-state index is 8.92. The van der Waals surface area contributed by atoms with Gasteiger partial charge in [0.2, 0.25) is 0 Å². The van der Waals surface area contributed by atoms with Crippen LogP contribution in [0.15, 0.2) is 0 Å². The van der Waals surface area contributed by atoms with Crippen LogP contribution in [0, 0.1) is 0 Å². The van der Waals surface area contributed by atoms with Gasteiger partial charge in [-0.2, -0.15) is 0 Å². The third kappa shape index (κ3) is 7.88. The topological polar surface area (TPSA) is 67.3 Å². The van der Waals surface area contributed by atoms with Crippen LogP contribution in [-0.4, -0.2) is 17.4 Å². The first-order valence-electron chi connectivity index (χ1n) is 3.11. The van der Waals surface area contributed by atoms with E-state index >= 15 is 0 Å². The van der Waals surface area contributed by atoms with E-state index in [4.69, 9.17) is 5.11 Å². The SMILES string of the molecule is CCC(O)NC(C)C.N. The highest BCUT2D eigenvalue weighted by atomic mass is 16.3. The van der Waals surface area contributed by atoms with Gasteiger partial charge in [-0.15, -0.1) is 0 Å². The zero-order chi connectivity index (χ0) is 6.57. The van der Waals surface area contributed by atoms with Gasteiger partial charge in [0, 0.05) is 6.04 Å². The van der Waals surface area contributed by atoms with Crippen LogP contribution >= 0.6 is 0 Å². The van der Waals surface area contributed by atoms with Crippen molar-refractivity contribution in [2.75, 3.05) is 0 Å². The van der Waals surface area contributed by atoms with Gasteiger partial charge in [-0.25, -0.2) is 0 Å². The molecule has 0 aliphatic heterocycles. The highest BCUT2D eigenvalue weighted by molar-refractivity contribution is 4.54. The molecule has 0 radical (unpaired) electrons. The van der Waals surface area contributed by atoms with Crippen LogP contribution in [0.3, 0.4) is 0 Å². The van der Waals surface area contributed by atoms with Crippen LogP contribution in [0.4, 0.5) is 0 Å². The quantitative estimate of drug-likeness (QED) is 0.502. The first kappa shape index (κ1) is 11.6. The van der Waals surface area contributed by atoms with Gasteiger partial charge in [-0.3, -0.25) is 5.32 Å². The summed E-state index contributed by atoms with van der Waals surface area (Å²) in [5.41, 5.74) is 0. The van der Waals surface area contributed by atoms with E-state index in [-0.39, 0.29) is 12.4 Å². The second-order valence-corrected chi connectivity index (χ2v) is 2.25. The molecule has 0 heterocycles. The second kappa shape index (κ2) is 6.01. The molecule has 3 nitrogen and oxygen atoms in total. The molecular weight excluding hydrogens is 116 g/mol. The van der Waals surface area contributed by atoms with Crippen molar-refractivity contribution >= 4 is 0 Å². The number of hydrogen-bond donors (Lipinski definition) is 3. The highest BCUT2D eigenvalue weighted by Crippen LogP contribution is 1.86. The Hall–Kier alpha value is -0.120. The fourth-order valence-corrected chi connectivity index (χ4v) is 0.503. The second-order valence-electron chi connectivity index (χ2n) is 2.25. The summed E-state index contributed by atoms with van der Waals surface area (Å²) in [4.78, 5) is 0. The van der Waals surface area contributed by atoms with E-state index in [1.807, 2.05) is 20.8 Å². The molecule has 0 bridgehead atoms. The van der Waals surface area contributed by atoms with Gasteiger partial charge in [-0.05, 0) is 20.3 Å². The molecule has 0 fully saturated rings. The zero-order valence-corrected chi connectivity index (χ0v) is 6.52. The molecule has 9 heavy (non-hydrogen) atoms. The van der Waals surface area contributed by atoms with Gasteiger partial charge < -0.3 is 11.3 Å². The lowest BCUT2D eigenvalue weighted by atomic mass is 10.3. The molecule has 1 unspecified atom stereocenters. The lowest BCUT2D eigenvalue weighted by Crippen LogP contribution is -2.33. The Balaban J connectivity index is 0. The van der Waals surface area contributed by atoms with Gasteiger partial charge >= 0.3 is 0 Å². The van der Waals surface area contributed by atoms with Crippen LogP contribution in [0.5, 0.6) is 0 Å². The van der Waals surface area contributed by atoms with Gasteiger partial charge in [0.1, 0.15) is 6.23 Å². The Bertz CT molecular complexity index is 57.0. The minimum atomic E-state index is -0.324. The molecule has 0 amide bonds. The van der Waals surface area contributed by atoms with Crippen LogP contribution in [-0.2, 0) is 0 Å². The van der Waals surface area contributed by atoms with Crippen molar-refractivity contribution in [1.29, 1.82) is 0 Å². The number of nitrogens with one attached hydrogen (secondary N) is 1. The van der Waals surface area contributed by atoms with Crippen molar-refractivity contribution in [1.82, 2.24) is 11.5 Å². The third-order valence-corrected chi connectivity index (χ3v) is 0.912. The van der Waals surface area contributed by atoms with Crippen molar-refractivity contribution in [3.63, 3.8) is 0 Å². The Kier molecular flexibility index (Phi) is 7.77. The van der Waals surface area contributed by atoms with Gasteiger partial charge in [0.05, 0.1) is 0 Å². The van der Waals surface area contributed by atoms with Crippen LogP contribution in [0.25, 0.3) is 0 Å². The normalized spacial score (nSPS) is 13.0. The minimum absolute atomic E-state index is 0. The van der Waals surface area contributed by atoms with Crippen LogP contribution in [0.1, 0.15) is 27.2 Å². The molecule has 0 aliphatic rings. The average Bonchev–Trinajstić information content (AvgIpc) is 1.65. The zero-order valence-electron chi connectivity index (χ0n) is 6.52. The summed E-state index contributed by atoms with van der Waals surface area (Å²) in [6.45, 7) is 5.97. The lowest BCUT2D eigenvalue weighted by molar-refractivity contribution is 0.123. The van der Waals surface area contributed by atoms with Crippen molar-refractivity contribution in [2.24, 2.45) is 0 Å². The fourth-order valence-electron chi connectivity index (χ4n) is 0.503. The predicted molar refractivity (Wildman–Crippen MR) is 39.6 cm³/mol. The lowest BCUT2D eigenvalue weighted by Gasteiger charge is -2.12. The molecular formula is C6H18N2O. The van der Waals surface area contributed by atoms with E-state index in [0.29, 0.717) is 6.04 Å². The van der Waals surface area contributed by atoms with Crippen molar-refractivity contribution in [3.05, 3.63) is 0 Å². The summed E-state index contributed by atoms with van der Waals surface area (Å²) in [6, 6.07) is 0.380. The highest BCUT2D eigenvalue weighted by Gasteiger charge is 1.99. The summed E-state index contributed by atoms with van der Waals surface area (Å²) < 4.78 is 0. The predicted octanol–water partition coefficient (Wildman–Crippen LogP) is 0.875. The van der Waals surface area contributed by atoms with Crippen LogP contribution in [0.2, 0.25) is 0 Å². The molecule has 0 rings (SSSR count). The molecule has 0 aromatic carbocycles. The van der Waals surface area contributed by atoms with Gasteiger partial charge in [-0.1, -0.05) is 6.92 Å². The summed E-state index contributed by atoms with van der Waals surface area (Å²) >= 11 is 0.